The first-order valence-electron chi connectivity index (χ1n) is 0.651. The molecule has 0 aliphatic heterocycles. The number of carbonyl (C=O) groups is 1. The molecule has 5 heteroatoms. The molecule has 3 nitrogen and oxygen atoms in total. The van der Waals surface area contributed by atoms with Crippen LogP contribution >= 0.6 is 0 Å². The molecular formula is CH5AgBiO3. The zero-order chi connectivity index (χ0) is 3.58. The van der Waals surface area contributed by atoms with Crippen LogP contribution in [0.3, 0.4) is 0 Å². The van der Waals surface area contributed by atoms with Crippen LogP contribution in [0.2, 0.25) is 0 Å². The number of hydrogen-bond donors (Lipinski definition) is 2. The molecule has 0 spiro atoms. The molecule has 0 aromatic carbocycles. The third-order valence-corrected chi connectivity index (χ3v) is 0. The summed E-state index contributed by atoms with van der Waals surface area (Å²) < 4.78 is 0. The normalized spacial score (nSPS) is 4.00. The van der Waals surface area contributed by atoms with Crippen LogP contribution < -0.4 is 0 Å². The Morgan fingerprint density at radius 2 is 1.33 bits per heavy atom. The first-order valence-corrected chi connectivity index (χ1v) is 0.651. The van der Waals surface area contributed by atoms with E-state index in [4.69, 9.17) is 15.0 Å². The summed E-state index contributed by atoms with van der Waals surface area (Å²) in [5, 5.41) is 13.9. The topological polar surface area (TPSA) is 57.5 Å². The van der Waals surface area contributed by atoms with Gasteiger partial charge in [-0.1, -0.05) is 0 Å². The van der Waals surface area contributed by atoms with E-state index in [9.17, 15) is 0 Å². The monoisotopic (exact) mass is 381 g/mol. The maximum absolute atomic E-state index is 8.56. The summed E-state index contributed by atoms with van der Waals surface area (Å²) in [7, 11) is 0. The Morgan fingerprint density at radius 3 is 1.33 bits per heavy atom. The molecular weight excluding hydrogens is 377 g/mol. The van der Waals surface area contributed by atoms with Crippen molar-refractivity contribution in [2.45, 2.75) is 0 Å². The molecule has 43 valence electrons. The van der Waals surface area contributed by atoms with Gasteiger partial charge in [0.1, 0.15) is 0 Å². The van der Waals surface area contributed by atoms with Crippen molar-refractivity contribution in [3.8, 4) is 0 Å². The molecule has 2 N–H and O–H groups in total. The van der Waals surface area contributed by atoms with E-state index in [0.717, 1.165) is 0 Å². The molecule has 0 fully saturated rings. The molecule has 1 radical (unpaired) electrons. The van der Waals surface area contributed by atoms with Gasteiger partial charge >= 0.3 is 32.4 Å². The predicted octanol–water partition coefficient (Wildman–Crippen LogP) is -0.964. The minimum atomic E-state index is -1.83. The van der Waals surface area contributed by atoms with Crippen molar-refractivity contribution in [3.63, 3.8) is 0 Å². The molecule has 0 heterocycles. The zero-order valence-electron chi connectivity index (χ0n) is 2.81. The van der Waals surface area contributed by atoms with Gasteiger partial charge in [0, 0.05) is 22.4 Å². The van der Waals surface area contributed by atoms with Crippen LogP contribution in [0.4, 0.5) is 4.79 Å². The van der Waals surface area contributed by atoms with Gasteiger partial charge in [-0.15, -0.1) is 0 Å². The van der Waals surface area contributed by atoms with Gasteiger partial charge in [0.2, 0.25) is 0 Å². The molecule has 0 aromatic rings. The van der Waals surface area contributed by atoms with E-state index in [2.05, 4.69) is 0 Å². The fourth-order valence-electron chi connectivity index (χ4n) is 0. The predicted molar refractivity (Wildman–Crippen MR) is 20.6 cm³/mol. The van der Waals surface area contributed by atoms with E-state index in [0.29, 0.717) is 0 Å². The van der Waals surface area contributed by atoms with Gasteiger partial charge in [-0.2, -0.15) is 0 Å². The molecule has 0 rings (SSSR count). The van der Waals surface area contributed by atoms with Crippen LogP contribution in [0.1, 0.15) is 0 Å². The molecule has 0 saturated heterocycles. The van der Waals surface area contributed by atoms with Gasteiger partial charge in [-0.3, -0.25) is 0 Å². The van der Waals surface area contributed by atoms with Gasteiger partial charge in [-0.25, -0.2) is 4.79 Å². The average molecular weight is 382 g/mol. The fraction of sp³-hybridized carbons (Fsp3) is 0. The van der Waals surface area contributed by atoms with E-state index in [-0.39, 0.29) is 48.6 Å². The Labute approximate surface area is 69.4 Å². The minimum absolute atomic E-state index is 0. The van der Waals surface area contributed by atoms with Crippen molar-refractivity contribution < 1.29 is 37.4 Å². The van der Waals surface area contributed by atoms with Crippen molar-refractivity contribution in [2.75, 3.05) is 0 Å². The van der Waals surface area contributed by atoms with E-state index in [1.165, 1.54) is 0 Å². The van der Waals surface area contributed by atoms with Gasteiger partial charge in [0.15, 0.2) is 0 Å². The summed E-state index contributed by atoms with van der Waals surface area (Å²) in [6.07, 6.45) is -1.83. The summed E-state index contributed by atoms with van der Waals surface area (Å²) in [5.41, 5.74) is 0. The summed E-state index contributed by atoms with van der Waals surface area (Å²) in [4.78, 5) is 8.56. The van der Waals surface area contributed by atoms with Crippen LogP contribution in [0.5, 0.6) is 0 Å². The summed E-state index contributed by atoms with van der Waals surface area (Å²) in [5.74, 6) is 0. The Balaban J connectivity index is -0.0000000450. The van der Waals surface area contributed by atoms with Crippen LogP contribution in [0.15, 0.2) is 0 Å². The van der Waals surface area contributed by atoms with E-state index >= 15 is 0 Å². The van der Waals surface area contributed by atoms with Gasteiger partial charge in [-0.05, 0) is 0 Å². The van der Waals surface area contributed by atoms with Gasteiger partial charge in [0.05, 0.1) is 0 Å². The maximum atomic E-state index is 8.56. The molecule has 6 heavy (non-hydrogen) atoms. The summed E-state index contributed by atoms with van der Waals surface area (Å²) in [6, 6.07) is 0. The first-order chi connectivity index (χ1) is 1.73. The molecule has 0 saturated carbocycles. The van der Waals surface area contributed by atoms with E-state index in [1.54, 1.807) is 0 Å². The first kappa shape index (κ1) is 15.8. The van der Waals surface area contributed by atoms with Crippen molar-refractivity contribution >= 4 is 32.4 Å². The Kier molecular flexibility index (Phi) is 24.5. The molecule has 0 atom stereocenters. The zero-order valence-corrected chi connectivity index (χ0v) is 9.79. The third-order valence-electron chi connectivity index (χ3n) is 0. The van der Waals surface area contributed by atoms with Crippen LogP contribution in [0.25, 0.3) is 0 Å². The van der Waals surface area contributed by atoms with Gasteiger partial charge < -0.3 is 10.2 Å². The molecule has 0 bridgehead atoms. The van der Waals surface area contributed by atoms with E-state index < -0.39 is 6.16 Å². The Morgan fingerprint density at radius 1 is 1.33 bits per heavy atom. The van der Waals surface area contributed by atoms with Crippen LogP contribution in [0, 0.1) is 0 Å². The van der Waals surface area contributed by atoms with Crippen LogP contribution in [-0.2, 0) is 22.4 Å². The Bertz CT molecular complexity index is 33.8. The second-order valence-electron chi connectivity index (χ2n) is 0.283. The average Bonchev–Trinajstić information content (AvgIpc) is 0.811. The van der Waals surface area contributed by atoms with Crippen molar-refractivity contribution in [3.05, 3.63) is 0 Å². The standard InChI is InChI=1S/CH2O3.Ag.Bi.3H/c2-1(3)4;;;;;/h(H2,2,3,4);;;;;. The Hall–Kier alpha value is 0.893. The van der Waals surface area contributed by atoms with E-state index in [1.807, 2.05) is 0 Å². The number of carboxylic acid groups (broad SMARTS) is 2. The fourth-order valence-corrected chi connectivity index (χ4v) is 0. The van der Waals surface area contributed by atoms with Crippen molar-refractivity contribution in [2.24, 2.45) is 0 Å². The quantitative estimate of drug-likeness (QED) is 0.531. The molecule has 0 amide bonds. The second kappa shape index (κ2) is 9.31. The van der Waals surface area contributed by atoms with Crippen LogP contribution in [-0.4, -0.2) is 42.6 Å². The molecule has 0 unspecified atom stereocenters. The molecule has 0 aliphatic carbocycles. The molecule has 0 aromatic heterocycles. The van der Waals surface area contributed by atoms with Gasteiger partial charge in [0.25, 0.3) is 0 Å². The number of rotatable bonds is 0. The molecule has 0 aliphatic rings. The summed E-state index contributed by atoms with van der Waals surface area (Å²) in [6.45, 7) is 0. The third kappa shape index (κ3) is 92.9. The SMILES string of the molecule is O=C(O)O.[Ag].[BiH3]. The van der Waals surface area contributed by atoms with Crippen molar-refractivity contribution in [1.82, 2.24) is 0 Å². The van der Waals surface area contributed by atoms with Crippen molar-refractivity contribution in [1.29, 1.82) is 0 Å². The number of hydrogen-bond acceptors (Lipinski definition) is 1. The second-order valence-corrected chi connectivity index (χ2v) is 0.283. The summed E-state index contributed by atoms with van der Waals surface area (Å²) >= 11 is 0.